The van der Waals surface area contributed by atoms with Crippen molar-refractivity contribution in [2.45, 2.75) is 44.4 Å². The Morgan fingerprint density at radius 1 is 0.911 bits per heavy atom. The Labute approximate surface area is 263 Å². The molecule has 3 aliphatic heterocycles. The number of ether oxygens (including phenoxy) is 1. The van der Waals surface area contributed by atoms with Crippen LogP contribution < -0.4 is 15.5 Å². The number of aromatic hydroxyl groups is 1. The van der Waals surface area contributed by atoms with Crippen molar-refractivity contribution in [1.29, 1.82) is 0 Å². The van der Waals surface area contributed by atoms with Crippen molar-refractivity contribution in [3.05, 3.63) is 102 Å². The third-order valence-electron chi connectivity index (χ3n) is 9.21. The third-order valence-corrected chi connectivity index (χ3v) is 9.21. The first-order valence-corrected chi connectivity index (χ1v) is 15.7. The van der Waals surface area contributed by atoms with E-state index in [1.165, 1.54) is 16.8 Å². The lowest BCUT2D eigenvalue weighted by Gasteiger charge is -2.43. The van der Waals surface area contributed by atoms with Gasteiger partial charge in [-0.15, -0.1) is 10.2 Å². The number of nitrogen functional groups attached to an aromatic ring is 1. The van der Waals surface area contributed by atoms with Gasteiger partial charge < -0.3 is 30.3 Å². The Kier molecular flexibility index (Phi) is 7.98. The Balaban J connectivity index is 0.998. The van der Waals surface area contributed by atoms with Crippen molar-refractivity contribution in [2.75, 3.05) is 41.7 Å². The van der Waals surface area contributed by atoms with E-state index in [1.807, 2.05) is 53.4 Å². The second-order valence-electron chi connectivity index (χ2n) is 12.1. The highest BCUT2D eigenvalue weighted by molar-refractivity contribution is 5.75. The van der Waals surface area contributed by atoms with Gasteiger partial charge in [-0.25, -0.2) is 4.79 Å². The van der Waals surface area contributed by atoms with E-state index in [0.29, 0.717) is 48.9 Å². The second kappa shape index (κ2) is 12.5. The summed E-state index contributed by atoms with van der Waals surface area (Å²) in [4.78, 5) is 19.3. The minimum atomic E-state index is -0.242. The molecule has 0 saturated carbocycles. The number of para-hydroxylation sites is 1. The van der Waals surface area contributed by atoms with Crippen molar-refractivity contribution in [2.24, 2.45) is 0 Å². The van der Waals surface area contributed by atoms with Crippen LogP contribution in [0.3, 0.4) is 0 Å². The number of rotatable bonds is 6. The van der Waals surface area contributed by atoms with Gasteiger partial charge in [-0.2, -0.15) is 0 Å². The molecule has 3 aliphatic rings. The number of fused-ring (bicyclic) bond motifs is 2. The molecule has 9 heteroatoms. The van der Waals surface area contributed by atoms with E-state index in [4.69, 9.17) is 10.5 Å². The number of nitrogens with zero attached hydrogens (tertiary/aromatic N) is 5. The SMILES string of the molecule is Nc1nnc(-c2ccccc2O)cc1N1C[C@H]2CC[C@@H](C1)N2c1cccc(C=C2CCN(C(=O)OCc3ccccc3)CC2)c1. The number of amides is 1. The highest BCUT2D eigenvalue weighted by Gasteiger charge is 2.40. The molecule has 0 radical (unpaired) electrons. The maximum absolute atomic E-state index is 12.6. The molecule has 3 fully saturated rings. The first kappa shape index (κ1) is 28.7. The van der Waals surface area contributed by atoms with Gasteiger partial charge in [0, 0.05) is 49.5 Å². The normalized spacial score (nSPS) is 19.5. The summed E-state index contributed by atoms with van der Waals surface area (Å²) >= 11 is 0. The van der Waals surface area contributed by atoms with Crippen molar-refractivity contribution in [3.63, 3.8) is 0 Å². The minimum Gasteiger partial charge on any atom is -0.507 e. The molecule has 0 spiro atoms. The van der Waals surface area contributed by atoms with E-state index >= 15 is 0 Å². The van der Waals surface area contributed by atoms with Gasteiger partial charge in [-0.3, -0.25) is 0 Å². The summed E-state index contributed by atoms with van der Waals surface area (Å²) in [6.45, 7) is 3.32. The lowest BCUT2D eigenvalue weighted by Crippen LogP contribution is -2.54. The van der Waals surface area contributed by atoms with E-state index < -0.39 is 0 Å². The number of likely N-dealkylation sites (tertiary alicyclic amines) is 1. The van der Waals surface area contributed by atoms with Gasteiger partial charge >= 0.3 is 6.09 Å². The molecule has 4 aromatic rings. The van der Waals surface area contributed by atoms with Crippen LogP contribution in [0, 0.1) is 0 Å². The van der Waals surface area contributed by atoms with Crippen LogP contribution in [-0.2, 0) is 11.3 Å². The molecular formula is C36H38N6O3. The number of hydrogen-bond acceptors (Lipinski definition) is 8. The number of piperidine rings is 1. The fourth-order valence-electron chi connectivity index (χ4n) is 6.93. The predicted molar refractivity (Wildman–Crippen MR) is 177 cm³/mol. The number of phenols is 1. The zero-order valence-corrected chi connectivity index (χ0v) is 25.3. The molecule has 0 aliphatic carbocycles. The van der Waals surface area contributed by atoms with E-state index in [1.54, 1.807) is 12.1 Å². The summed E-state index contributed by atoms with van der Waals surface area (Å²) in [5.41, 5.74) is 13.3. The monoisotopic (exact) mass is 602 g/mol. The van der Waals surface area contributed by atoms with Crippen LogP contribution in [0.25, 0.3) is 17.3 Å². The minimum absolute atomic E-state index is 0.175. The fourth-order valence-corrected chi connectivity index (χ4v) is 6.93. The summed E-state index contributed by atoms with van der Waals surface area (Å²) in [6.07, 6.45) is 5.98. The summed E-state index contributed by atoms with van der Waals surface area (Å²) in [7, 11) is 0. The topological polar surface area (TPSA) is 108 Å². The van der Waals surface area contributed by atoms with Crippen molar-refractivity contribution in [3.8, 4) is 17.0 Å². The Hall–Kier alpha value is -5.05. The summed E-state index contributed by atoms with van der Waals surface area (Å²) < 4.78 is 5.54. The first-order valence-electron chi connectivity index (χ1n) is 15.7. The van der Waals surface area contributed by atoms with Gasteiger partial charge in [-0.05, 0) is 67.1 Å². The van der Waals surface area contributed by atoms with Gasteiger partial charge in [-0.1, -0.05) is 66.2 Å². The van der Waals surface area contributed by atoms with Gasteiger partial charge in [0.1, 0.15) is 12.4 Å². The van der Waals surface area contributed by atoms with Crippen LogP contribution in [0.15, 0.2) is 90.5 Å². The predicted octanol–water partition coefficient (Wildman–Crippen LogP) is 6.11. The highest BCUT2D eigenvalue weighted by atomic mass is 16.6. The molecular weight excluding hydrogens is 564 g/mol. The Bertz CT molecular complexity index is 1690. The molecule has 9 nitrogen and oxygen atoms in total. The number of anilines is 3. The maximum Gasteiger partial charge on any atom is 0.410 e. The molecule has 230 valence electrons. The lowest BCUT2D eigenvalue weighted by molar-refractivity contribution is 0.0936. The number of aromatic nitrogens is 2. The molecule has 0 unspecified atom stereocenters. The summed E-state index contributed by atoms with van der Waals surface area (Å²) in [5.74, 6) is 0.584. The Morgan fingerprint density at radius 3 is 2.40 bits per heavy atom. The number of piperazine rings is 1. The van der Waals surface area contributed by atoms with Crippen LogP contribution in [0.1, 0.15) is 36.8 Å². The number of phenolic OH excluding ortho intramolecular Hbond substituents is 1. The number of carbonyl (C=O) groups excluding carboxylic acids is 1. The molecule has 1 amide bonds. The number of carbonyl (C=O) groups is 1. The average Bonchev–Trinajstić information content (AvgIpc) is 3.34. The molecule has 45 heavy (non-hydrogen) atoms. The van der Waals surface area contributed by atoms with E-state index in [-0.39, 0.29) is 11.8 Å². The zero-order chi connectivity index (χ0) is 30.8. The van der Waals surface area contributed by atoms with Crippen LogP contribution in [0.2, 0.25) is 0 Å². The van der Waals surface area contributed by atoms with E-state index in [9.17, 15) is 9.90 Å². The van der Waals surface area contributed by atoms with E-state index in [0.717, 1.165) is 50.0 Å². The highest BCUT2D eigenvalue weighted by Crippen LogP contribution is 2.39. The molecule has 4 heterocycles. The number of benzene rings is 3. The molecule has 3 saturated heterocycles. The molecule has 2 bridgehead atoms. The number of hydrogen-bond donors (Lipinski definition) is 2. The molecule has 3 N–H and O–H groups in total. The van der Waals surface area contributed by atoms with Gasteiger partial charge in [0.15, 0.2) is 5.82 Å². The third kappa shape index (κ3) is 6.16. The zero-order valence-electron chi connectivity index (χ0n) is 25.3. The summed E-state index contributed by atoms with van der Waals surface area (Å²) in [5, 5.41) is 18.9. The Morgan fingerprint density at radius 2 is 1.64 bits per heavy atom. The van der Waals surface area contributed by atoms with Gasteiger partial charge in [0.05, 0.1) is 11.4 Å². The molecule has 7 rings (SSSR count). The standard InChI is InChI=1S/C36H38N6O3/c37-35-33(21-32(38-39-35)31-11-4-5-12-34(31)43)41-22-29-13-14-30(23-41)42(29)28-10-6-9-27(20-28)19-25-15-17-40(18-16-25)36(44)45-24-26-7-2-1-3-8-26/h1-12,19-21,29-30,43H,13-18,22-24H2,(H2,37,39)/t29-,30+. The van der Waals surface area contributed by atoms with Crippen molar-refractivity contribution < 1.29 is 14.6 Å². The molecule has 3 aromatic carbocycles. The average molecular weight is 603 g/mol. The van der Waals surface area contributed by atoms with Crippen LogP contribution in [-0.4, -0.2) is 64.6 Å². The quantitative estimate of drug-likeness (QED) is 0.272. The van der Waals surface area contributed by atoms with Crippen LogP contribution >= 0.6 is 0 Å². The van der Waals surface area contributed by atoms with Gasteiger partial charge in [0.25, 0.3) is 0 Å². The first-order chi connectivity index (χ1) is 22.0. The lowest BCUT2D eigenvalue weighted by atomic mass is 10.0. The van der Waals surface area contributed by atoms with Crippen LogP contribution in [0.4, 0.5) is 22.0 Å². The van der Waals surface area contributed by atoms with Crippen molar-refractivity contribution >= 4 is 29.4 Å². The largest absolute Gasteiger partial charge is 0.507 e. The number of nitrogens with two attached hydrogens (primary N) is 1. The maximum atomic E-state index is 12.6. The second-order valence-corrected chi connectivity index (χ2v) is 12.1. The fraction of sp³-hybridized carbons (Fsp3) is 0.306. The summed E-state index contributed by atoms with van der Waals surface area (Å²) in [6, 6.07) is 28.5. The van der Waals surface area contributed by atoms with Gasteiger partial charge in [0.2, 0.25) is 0 Å². The smallest absolute Gasteiger partial charge is 0.410 e. The molecule has 2 atom stereocenters. The van der Waals surface area contributed by atoms with Crippen LogP contribution in [0.5, 0.6) is 5.75 Å². The van der Waals surface area contributed by atoms with Crippen molar-refractivity contribution in [1.82, 2.24) is 15.1 Å². The molecule has 1 aromatic heterocycles. The van der Waals surface area contributed by atoms with E-state index in [2.05, 4.69) is 50.3 Å².